The Kier molecular flexibility index (Phi) is 7.66. The topological polar surface area (TPSA) is 62.7 Å². The minimum atomic E-state index is -4.52. The van der Waals surface area contributed by atoms with Gasteiger partial charge in [-0.25, -0.2) is 4.98 Å². The van der Waals surface area contributed by atoms with Crippen molar-refractivity contribution in [1.82, 2.24) is 14.8 Å². The molecule has 30 heavy (non-hydrogen) atoms. The largest absolute Gasteiger partial charge is 0.467 e. The van der Waals surface area contributed by atoms with Crippen LogP contribution < -0.4 is 4.74 Å². The number of hydrogen-bond acceptors (Lipinski definition) is 4. The van der Waals surface area contributed by atoms with Crippen molar-refractivity contribution in [3.63, 3.8) is 0 Å². The van der Waals surface area contributed by atoms with E-state index in [-0.39, 0.29) is 28.9 Å². The number of rotatable bonds is 7. The van der Waals surface area contributed by atoms with Crippen LogP contribution in [0.3, 0.4) is 0 Å². The zero-order chi connectivity index (χ0) is 22.5. The molecule has 0 spiro atoms. The van der Waals surface area contributed by atoms with E-state index >= 15 is 0 Å². The van der Waals surface area contributed by atoms with Crippen molar-refractivity contribution in [1.29, 1.82) is 0 Å². The molecule has 1 aromatic carbocycles. The van der Waals surface area contributed by atoms with Gasteiger partial charge in [-0.05, 0) is 30.7 Å². The molecule has 0 saturated heterocycles. The van der Waals surface area contributed by atoms with Crippen LogP contribution in [0.2, 0.25) is 5.02 Å². The second-order valence-electron chi connectivity index (χ2n) is 6.63. The maximum atomic E-state index is 12.8. The van der Waals surface area contributed by atoms with Crippen LogP contribution in [0.5, 0.6) is 5.88 Å². The van der Waals surface area contributed by atoms with Crippen molar-refractivity contribution in [2.45, 2.75) is 19.6 Å². The fourth-order valence-electron chi connectivity index (χ4n) is 2.54. The first kappa shape index (κ1) is 23.5. The Hall–Kier alpha value is -2.81. The van der Waals surface area contributed by atoms with Crippen LogP contribution in [0.1, 0.15) is 33.2 Å². The summed E-state index contributed by atoms with van der Waals surface area (Å²) in [5, 5.41) is -0.187. The third kappa shape index (κ3) is 6.35. The van der Waals surface area contributed by atoms with Crippen LogP contribution in [0, 0.1) is 0 Å². The molecule has 1 heterocycles. The summed E-state index contributed by atoms with van der Waals surface area (Å²) in [6.45, 7) is 0.912. The van der Waals surface area contributed by atoms with Gasteiger partial charge in [0.25, 0.3) is 11.8 Å². The molecule has 0 unspecified atom stereocenters. The molecule has 0 N–H and O–H groups in total. The molecule has 0 aliphatic rings. The first-order valence-corrected chi connectivity index (χ1v) is 9.34. The van der Waals surface area contributed by atoms with E-state index in [0.29, 0.717) is 12.1 Å². The Morgan fingerprint density at radius 3 is 2.23 bits per heavy atom. The van der Waals surface area contributed by atoms with Crippen molar-refractivity contribution < 1.29 is 27.5 Å². The fraction of sp³-hybridized carbons (Fsp3) is 0.350. The smallest absolute Gasteiger partial charge is 0.422 e. The van der Waals surface area contributed by atoms with Gasteiger partial charge in [0, 0.05) is 38.9 Å². The number of hydrogen-bond donors (Lipinski definition) is 0. The van der Waals surface area contributed by atoms with E-state index in [1.807, 2.05) is 0 Å². The molecule has 1 aromatic heterocycles. The van der Waals surface area contributed by atoms with Gasteiger partial charge in [0.15, 0.2) is 6.61 Å². The lowest BCUT2D eigenvalue weighted by molar-refractivity contribution is -0.154. The molecule has 0 fully saturated rings. The van der Waals surface area contributed by atoms with E-state index in [0.717, 1.165) is 11.8 Å². The number of carbonyl (C=O) groups is 2. The minimum Gasteiger partial charge on any atom is -0.467 e. The lowest BCUT2D eigenvalue weighted by Gasteiger charge is -2.21. The lowest BCUT2D eigenvalue weighted by atomic mass is 10.1. The van der Waals surface area contributed by atoms with Gasteiger partial charge in [0.05, 0.1) is 5.56 Å². The van der Waals surface area contributed by atoms with Crippen LogP contribution >= 0.6 is 11.6 Å². The molecular formula is C20H21ClF3N3O3. The Bertz CT molecular complexity index is 902. The quantitative estimate of drug-likeness (QED) is 0.648. The van der Waals surface area contributed by atoms with Gasteiger partial charge < -0.3 is 14.5 Å². The molecule has 10 heteroatoms. The Labute approximate surface area is 177 Å². The van der Waals surface area contributed by atoms with Gasteiger partial charge in [-0.1, -0.05) is 23.7 Å². The number of amides is 2. The van der Waals surface area contributed by atoms with Crippen molar-refractivity contribution in [3.8, 4) is 5.88 Å². The molecule has 2 aromatic rings. The maximum absolute atomic E-state index is 12.8. The normalized spacial score (nSPS) is 11.2. The minimum absolute atomic E-state index is 0.126. The molecule has 162 valence electrons. The van der Waals surface area contributed by atoms with Crippen molar-refractivity contribution >= 4 is 23.4 Å². The van der Waals surface area contributed by atoms with E-state index < -0.39 is 18.7 Å². The second-order valence-corrected chi connectivity index (χ2v) is 7.04. The van der Waals surface area contributed by atoms with Gasteiger partial charge in [-0.2, -0.15) is 13.2 Å². The second kappa shape index (κ2) is 9.80. The molecule has 2 amide bonds. The van der Waals surface area contributed by atoms with Gasteiger partial charge in [-0.3, -0.25) is 9.59 Å². The number of pyridine rings is 1. The number of nitrogens with zero attached hydrogens (tertiary/aromatic N) is 3. The molecule has 0 radical (unpaired) electrons. The van der Waals surface area contributed by atoms with Gasteiger partial charge in [0.1, 0.15) is 5.02 Å². The highest BCUT2D eigenvalue weighted by Crippen LogP contribution is 2.25. The van der Waals surface area contributed by atoms with E-state index in [1.165, 1.54) is 15.9 Å². The van der Waals surface area contributed by atoms with E-state index in [2.05, 4.69) is 9.72 Å². The Morgan fingerprint density at radius 2 is 1.73 bits per heavy atom. The highest BCUT2D eigenvalue weighted by atomic mass is 35.5. The van der Waals surface area contributed by atoms with E-state index in [4.69, 9.17) is 11.6 Å². The summed E-state index contributed by atoms with van der Waals surface area (Å²) in [6.07, 6.45) is -3.40. The first-order chi connectivity index (χ1) is 14.0. The zero-order valence-corrected chi connectivity index (χ0v) is 17.4. The summed E-state index contributed by atoms with van der Waals surface area (Å²) in [7, 11) is 3.32. The van der Waals surface area contributed by atoms with Crippen LogP contribution in [0.15, 0.2) is 36.5 Å². The lowest BCUT2D eigenvalue weighted by Crippen LogP contribution is -2.30. The molecule has 0 atom stereocenters. The number of alkyl halides is 3. The van der Waals surface area contributed by atoms with Crippen LogP contribution in [0.25, 0.3) is 0 Å². The predicted octanol–water partition coefficient (Wildman–Crippen LogP) is 4.04. The average Bonchev–Trinajstić information content (AvgIpc) is 2.69. The van der Waals surface area contributed by atoms with Crippen molar-refractivity contribution in [2.24, 2.45) is 0 Å². The maximum Gasteiger partial charge on any atom is 0.422 e. The monoisotopic (exact) mass is 443 g/mol. The van der Waals surface area contributed by atoms with Crippen molar-refractivity contribution in [3.05, 3.63) is 58.2 Å². The summed E-state index contributed by atoms with van der Waals surface area (Å²) in [5.74, 6) is -0.907. The SMILES string of the molecule is CCN(Cc1ccc(C(=O)N(C)C)cc1)C(=O)c1cnc(OCC(F)(F)F)c(Cl)c1. The molecular weight excluding hydrogens is 423 g/mol. The number of benzene rings is 1. The van der Waals surface area contributed by atoms with E-state index in [9.17, 15) is 22.8 Å². The van der Waals surface area contributed by atoms with Gasteiger partial charge in [0.2, 0.25) is 5.88 Å². The molecule has 0 bridgehead atoms. The number of carbonyl (C=O) groups excluding carboxylic acids is 2. The third-order valence-corrected chi connectivity index (χ3v) is 4.35. The Balaban J connectivity index is 2.10. The van der Waals surface area contributed by atoms with Crippen LogP contribution in [-0.2, 0) is 6.54 Å². The number of halogens is 4. The van der Waals surface area contributed by atoms with Gasteiger partial charge >= 0.3 is 6.18 Å². The third-order valence-electron chi connectivity index (χ3n) is 4.08. The summed E-state index contributed by atoms with van der Waals surface area (Å²) >= 11 is 5.92. The fourth-order valence-corrected chi connectivity index (χ4v) is 2.76. The molecule has 0 saturated carbocycles. The first-order valence-electron chi connectivity index (χ1n) is 8.96. The zero-order valence-electron chi connectivity index (χ0n) is 16.7. The molecule has 2 rings (SSSR count). The van der Waals surface area contributed by atoms with Crippen LogP contribution in [0.4, 0.5) is 13.2 Å². The van der Waals surface area contributed by atoms with E-state index in [1.54, 1.807) is 45.3 Å². The predicted molar refractivity (Wildman–Crippen MR) is 106 cm³/mol. The number of ether oxygens (including phenoxy) is 1. The highest BCUT2D eigenvalue weighted by Gasteiger charge is 2.29. The van der Waals surface area contributed by atoms with Gasteiger partial charge in [-0.15, -0.1) is 0 Å². The summed E-state index contributed by atoms with van der Waals surface area (Å²) in [5.41, 5.74) is 1.47. The standard InChI is InChI=1S/C20H21ClF3N3O3/c1-4-27(11-13-5-7-14(8-6-13)18(28)26(2)3)19(29)15-9-16(21)17(25-10-15)30-12-20(22,23)24/h5-10H,4,11-12H2,1-3H3. The number of aromatic nitrogens is 1. The summed E-state index contributed by atoms with van der Waals surface area (Å²) in [6, 6.07) is 8.10. The average molecular weight is 444 g/mol. The highest BCUT2D eigenvalue weighted by molar-refractivity contribution is 6.32. The summed E-state index contributed by atoms with van der Waals surface area (Å²) < 4.78 is 41.4. The molecule has 0 aliphatic heterocycles. The molecule has 0 aliphatic carbocycles. The Morgan fingerprint density at radius 1 is 1.10 bits per heavy atom. The summed E-state index contributed by atoms with van der Waals surface area (Å²) in [4.78, 5) is 31.4. The van der Waals surface area contributed by atoms with Crippen molar-refractivity contribution in [2.75, 3.05) is 27.2 Å². The molecule has 6 nitrogen and oxygen atoms in total. The van der Waals surface area contributed by atoms with Crippen LogP contribution in [-0.4, -0.2) is 60.0 Å².